The Balaban J connectivity index is 2.16. The highest BCUT2D eigenvalue weighted by Gasteiger charge is 2.36. The molecule has 0 amide bonds. The summed E-state index contributed by atoms with van der Waals surface area (Å²) in [6.45, 7) is 0. The van der Waals surface area contributed by atoms with E-state index in [-0.39, 0.29) is 6.04 Å². The highest BCUT2D eigenvalue weighted by molar-refractivity contribution is 7.89. The van der Waals surface area contributed by atoms with Gasteiger partial charge in [-0.2, -0.15) is 4.31 Å². The number of hydrogen-bond donors (Lipinski definition) is 2. The van der Waals surface area contributed by atoms with Crippen LogP contribution in [0.25, 0.3) is 10.9 Å². The van der Waals surface area contributed by atoms with Gasteiger partial charge in [0, 0.05) is 35.9 Å². The molecule has 1 aromatic carbocycles. The Bertz CT molecular complexity index is 701. The van der Waals surface area contributed by atoms with Gasteiger partial charge in [0.05, 0.1) is 0 Å². The molecule has 0 saturated heterocycles. The number of fused-ring (bicyclic) bond motifs is 1. The molecule has 6 heteroatoms. The quantitative estimate of drug-likeness (QED) is 0.826. The van der Waals surface area contributed by atoms with Gasteiger partial charge in [-0.25, -0.2) is 8.42 Å². The van der Waals surface area contributed by atoms with Crippen molar-refractivity contribution >= 4 is 26.6 Å². The molecule has 1 heterocycles. The van der Waals surface area contributed by atoms with Crippen LogP contribution in [-0.4, -0.2) is 30.8 Å². The second kappa shape index (κ2) is 3.73. The number of rotatable bonds is 3. The standard InChI is InChI=1S/C12H15N3O2S/c1-15(9-3-4-9)18(16,17)12-7-14-11-5-2-8(13)6-10(11)12/h2,5-7,9,14H,3-4,13H2,1H3. The van der Waals surface area contributed by atoms with Crippen LogP contribution in [0.1, 0.15) is 12.8 Å². The number of anilines is 1. The van der Waals surface area contributed by atoms with E-state index in [9.17, 15) is 8.42 Å². The first-order valence-corrected chi connectivity index (χ1v) is 7.29. The molecule has 0 bridgehead atoms. The summed E-state index contributed by atoms with van der Waals surface area (Å²) < 4.78 is 26.4. The lowest BCUT2D eigenvalue weighted by atomic mass is 10.2. The third-order valence-corrected chi connectivity index (χ3v) is 5.34. The van der Waals surface area contributed by atoms with Gasteiger partial charge in [0.25, 0.3) is 0 Å². The van der Waals surface area contributed by atoms with Crippen LogP contribution in [0.4, 0.5) is 5.69 Å². The summed E-state index contributed by atoms with van der Waals surface area (Å²) in [4.78, 5) is 3.28. The van der Waals surface area contributed by atoms with E-state index in [1.807, 2.05) is 0 Å². The molecule has 5 nitrogen and oxygen atoms in total. The lowest BCUT2D eigenvalue weighted by Crippen LogP contribution is -2.28. The molecule has 1 aliphatic rings. The molecule has 0 spiro atoms. The van der Waals surface area contributed by atoms with Gasteiger partial charge in [-0.1, -0.05) is 0 Å². The van der Waals surface area contributed by atoms with Crippen molar-refractivity contribution in [2.75, 3.05) is 12.8 Å². The fourth-order valence-corrected chi connectivity index (χ4v) is 3.68. The van der Waals surface area contributed by atoms with Crippen molar-refractivity contribution in [1.82, 2.24) is 9.29 Å². The smallest absolute Gasteiger partial charge is 0.245 e. The molecule has 0 aliphatic heterocycles. The first-order chi connectivity index (χ1) is 8.50. The zero-order chi connectivity index (χ0) is 12.9. The van der Waals surface area contributed by atoms with E-state index in [1.165, 1.54) is 4.31 Å². The number of nitrogen functional groups attached to an aromatic ring is 1. The Morgan fingerprint density at radius 1 is 1.39 bits per heavy atom. The van der Waals surface area contributed by atoms with Crippen molar-refractivity contribution in [2.45, 2.75) is 23.8 Å². The Hall–Kier alpha value is -1.53. The van der Waals surface area contributed by atoms with E-state index in [1.54, 1.807) is 31.4 Å². The average molecular weight is 265 g/mol. The number of hydrogen-bond acceptors (Lipinski definition) is 3. The summed E-state index contributed by atoms with van der Waals surface area (Å²) in [7, 11) is -1.79. The second-order valence-electron chi connectivity index (χ2n) is 4.71. The number of benzene rings is 1. The molecule has 3 rings (SSSR count). The van der Waals surface area contributed by atoms with Crippen molar-refractivity contribution in [2.24, 2.45) is 0 Å². The second-order valence-corrected chi connectivity index (χ2v) is 6.68. The molecule has 1 aliphatic carbocycles. The van der Waals surface area contributed by atoms with E-state index in [2.05, 4.69) is 4.98 Å². The van der Waals surface area contributed by atoms with E-state index < -0.39 is 10.0 Å². The maximum Gasteiger partial charge on any atom is 0.245 e. The lowest BCUT2D eigenvalue weighted by Gasteiger charge is -2.15. The summed E-state index contributed by atoms with van der Waals surface area (Å²) in [5.41, 5.74) is 7.07. The molecule has 0 unspecified atom stereocenters. The largest absolute Gasteiger partial charge is 0.399 e. The number of aromatic amines is 1. The molecular formula is C12H15N3O2S. The topological polar surface area (TPSA) is 79.2 Å². The van der Waals surface area contributed by atoms with Gasteiger partial charge in [0.15, 0.2) is 0 Å². The van der Waals surface area contributed by atoms with E-state index in [0.29, 0.717) is 16.0 Å². The summed E-state index contributed by atoms with van der Waals surface area (Å²) in [6, 6.07) is 5.39. The minimum atomic E-state index is -3.43. The monoisotopic (exact) mass is 265 g/mol. The predicted molar refractivity (Wildman–Crippen MR) is 70.7 cm³/mol. The van der Waals surface area contributed by atoms with Crippen molar-refractivity contribution in [3.63, 3.8) is 0 Å². The SMILES string of the molecule is CN(C1CC1)S(=O)(=O)c1c[nH]c2ccc(N)cc12. The fraction of sp³-hybridized carbons (Fsp3) is 0.333. The normalized spacial score (nSPS) is 16.6. The zero-order valence-corrected chi connectivity index (χ0v) is 10.9. The number of nitrogens with one attached hydrogen (secondary N) is 1. The Labute approximate surface area is 106 Å². The van der Waals surface area contributed by atoms with Gasteiger partial charge in [0.2, 0.25) is 10.0 Å². The van der Waals surface area contributed by atoms with Crippen LogP contribution in [0, 0.1) is 0 Å². The molecule has 1 fully saturated rings. The van der Waals surface area contributed by atoms with Crippen LogP contribution in [-0.2, 0) is 10.0 Å². The number of H-pyrrole nitrogens is 1. The van der Waals surface area contributed by atoms with Crippen LogP contribution in [0.3, 0.4) is 0 Å². The molecular weight excluding hydrogens is 250 g/mol. The molecule has 1 saturated carbocycles. The van der Waals surface area contributed by atoms with Crippen LogP contribution < -0.4 is 5.73 Å². The number of nitrogens with zero attached hydrogens (tertiary/aromatic N) is 1. The fourth-order valence-electron chi connectivity index (χ4n) is 2.12. The highest BCUT2D eigenvalue weighted by Crippen LogP contribution is 2.33. The number of nitrogens with two attached hydrogens (primary N) is 1. The molecule has 1 aromatic heterocycles. The van der Waals surface area contributed by atoms with Crippen molar-refractivity contribution in [3.05, 3.63) is 24.4 Å². The third kappa shape index (κ3) is 1.69. The van der Waals surface area contributed by atoms with Gasteiger partial charge in [-0.05, 0) is 31.0 Å². The lowest BCUT2D eigenvalue weighted by molar-refractivity contribution is 0.465. The maximum absolute atomic E-state index is 12.5. The van der Waals surface area contributed by atoms with Crippen LogP contribution in [0.2, 0.25) is 0 Å². The molecule has 0 radical (unpaired) electrons. The van der Waals surface area contributed by atoms with Crippen molar-refractivity contribution < 1.29 is 8.42 Å². The maximum atomic E-state index is 12.5. The minimum absolute atomic E-state index is 0.154. The van der Waals surface area contributed by atoms with E-state index in [0.717, 1.165) is 18.4 Å². The zero-order valence-electron chi connectivity index (χ0n) is 10.1. The first kappa shape index (κ1) is 11.6. The summed E-state index contributed by atoms with van der Waals surface area (Å²) in [5.74, 6) is 0. The predicted octanol–water partition coefficient (Wildman–Crippen LogP) is 1.53. The minimum Gasteiger partial charge on any atom is -0.399 e. The first-order valence-electron chi connectivity index (χ1n) is 5.85. The van der Waals surface area contributed by atoms with E-state index in [4.69, 9.17) is 5.73 Å². The Kier molecular flexibility index (Phi) is 2.39. The Morgan fingerprint density at radius 3 is 2.78 bits per heavy atom. The van der Waals surface area contributed by atoms with Crippen LogP contribution in [0.15, 0.2) is 29.3 Å². The molecule has 18 heavy (non-hydrogen) atoms. The highest BCUT2D eigenvalue weighted by atomic mass is 32.2. The van der Waals surface area contributed by atoms with Crippen molar-refractivity contribution in [1.29, 1.82) is 0 Å². The molecule has 2 aromatic rings. The van der Waals surface area contributed by atoms with Crippen LogP contribution in [0.5, 0.6) is 0 Å². The summed E-state index contributed by atoms with van der Waals surface area (Å²) in [5, 5.41) is 0.655. The Morgan fingerprint density at radius 2 is 2.11 bits per heavy atom. The molecule has 0 atom stereocenters. The average Bonchev–Trinajstić information content (AvgIpc) is 3.08. The van der Waals surface area contributed by atoms with Gasteiger partial charge >= 0.3 is 0 Å². The molecule has 96 valence electrons. The van der Waals surface area contributed by atoms with Gasteiger partial charge < -0.3 is 10.7 Å². The summed E-state index contributed by atoms with van der Waals surface area (Å²) in [6.07, 6.45) is 3.43. The van der Waals surface area contributed by atoms with Gasteiger partial charge in [0.1, 0.15) is 4.90 Å². The van der Waals surface area contributed by atoms with Crippen molar-refractivity contribution in [3.8, 4) is 0 Å². The van der Waals surface area contributed by atoms with Crippen LogP contribution >= 0.6 is 0 Å². The van der Waals surface area contributed by atoms with Gasteiger partial charge in [-0.3, -0.25) is 0 Å². The summed E-state index contributed by atoms with van der Waals surface area (Å²) >= 11 is 0. The number of sulfonamides is 1. The van der Waals surface area contributed by atoms with Gasteiger partial charge in [-0.15, -0.1) is 0 Å². The number of aromatic nitrogens is 1. The third-order valence-electron chi connectivity index (χ3n) is 3.39. The van der Waals surface area contributed by atoms with E-state index >= 15 is 0 Å². The molecule has 3 N–H and O–H groups in total.